The van der Waals surface area contributed by atoms with Gasteiger partial charge in [0.1, 0.15) is 12.6 Å². The second kappa shape index (κ2) is 14.4. The molecule has 254 valence electrons. The van der Waals surface area contributed by atoms with E-state index < -0.39 is 35.9 Å². The Morgan fingerprint density at radius 3 is 2.10 bits per heavy atom. The highest BCUT2D eigenvalue weighted by atomic mass is 16.8. The number of hydrogen-bond acceptors (Lipinski definition) is 8. The first-order valence-electron chi connectivity index (χ1n) is 16.3. The maximum Gasteiger partial charge on any atom is 0.407 e. The van der Waals surface area contributed by atoms with Crippen LogP contribution in [0.25, 0.3) is 11.1 Å². The molecule has 1 fully saturated rings. The molecule has 0 bridgehead atoms. The van der Waals surface area contributed by atoms with Gasteiger partial charge in [0.15, 0.2) is 17.6 Å². The predicted molar refractivity (Wildman–Crippen MR) is 184 cm³/mol. The minimum Gasteiger partial charge on any atom is -0.493 e. The summed E-state index contributed by atoms with van der Waals surface area (Å²) in [6, 6.07) is 27.9. The molecule has 1 saturated heterocycles. The second-order valence-electron chi connectivity index (χ2n) is 12.5. The van der Waals surface area contributed by atoms with E-state index in [0.717, 1.165) is 52.6 Å². The van der Waals surface area contributed by atoms with E-state index in [1.54, 1.807) is 34.1 Å². The number of aryl methyl sites for hydroxylation is 2. The zero-order valence-corrected chi connectivity index (χ0v) is 28.0. The molecule has 2 N–H and O–H groups in total. The van der Waals surface area contributed by atoms with Crippen molar-refractivity contribution in [3.05, 3.63) is 113 Å². The Morgan fingerprint density at radius 1 is 0.816 bits per heavy atom. The summed E-state index contributed by atoms with van der Waals surface area (Å²) in [6.07, 6.45) is 0.202. The van der Waals surface area contributed by atoms with Gasteiger partial charge in [-0.2, -0.15) is 0 Å². The summed E-state index contributed by atoms with van der Waals surface area (Å²) in [5.74, 6) is -1.47. The topological polar surface area (TPSA) is 121 Å². The van der Waals surface area contributed by atoms with Crippen LogP contribution in [0.1, 0.15) is 48.4 Å². The Labute approximate surface area is 285 Å². The largest absolute Gasteiger partial charge is 0.493 e. The molecule has 0 saturated carbocycles. The van der Waals surface area contributed by atoms with Crippen molar-refractivity contribution in [2.24, 2.45) is 0 Å². The minimum atomic E-state index is -1.42. The summed E-state index contributed by atoms with van der Waals surface area (Å²) in [5, 5.41) is 5.43. The van der Waals surface area contributed by atoms with Crippen LogP contribution < -0.4 is 20.1 Å². The molecular formula is C39H40N2O8. The summed E-state index contributed by atoms with van der Waals surface area (Å²) in [7, 11) is 3.22. The Balaban J connectivity index is 1.11. The second-order valence-corrected chi connectivity index (χ2v) is 12.5. The predicted octanol–water partition coefficient (Wildman–Crippen LogP) is 6.40. The Kier molecular flexibility index (Phi) is 9.87. The van der Waals surface area contributed by atoms with E-state index in [1.165, 1.54) is 0 Å². The van der Waals surface area contributed by atoms with Gasteiger partial charge in [0.05, 0.1) is 14.2 Å². The van der Waals surface area contributed by atoms with E-state index >= 15 is 0 Å². The maximum absolute atomic E-state index is 13.7. The molecule has 2 amide bonds. The van der Waals surface area contributed by atoms with Gasteiger partial charge in [-0.15, -0.1) is 0 Å². The summed E-state index contributed by atoms with van der Waals surface area (Å²) >= 11 is 0. The lowest BCUT2D eigenvalue weighted by atomic mass is 9.98. The van der Waals surface area contributed by atoms with E-state index in [-0.39, 0.29) is 12.5 Å². The molecule has 0 radical (unpaired) electrons. The van der Waals surface area contributed by atoms with E-state index in [9.17, 15) is 14.4 Å². The lowest BCUT2D eigenvalue weighted by Crippen LogP contribution is -2.53. The SMILES string of the molecule is COc1ccc(CCCc2cccc(NC(=O)C(NC(=O)OCC3c4ccccc4-c4ccccc43)C3OC(C)(C)OC3=O)c2)cc1OC. The summed E-state index contributed by atoms with van der Waals surface area (Å²) in [4.78, 5) is 39.8. The zero-order valence-electron chi connectivity index (χ0n) is 28.0. The van der Waals surface area contributed by atoms with Crippen molar-refractivity contribution in [3.8, 4) is 22.6 Å². The number of esters is 1. The molecule has 4 aromatic rings. The lowest BCUT2D eigenvalue weighted by Gasteiger charge is -2.23. The number of cyclic esters (lactones) is 1. The van der Waals surface area contributed by atoms with Crippen LogP contribution in [0.3, 0.4) is 0 Å². The van der Waals surface area contributed by atoms with Crippen molar-refractivity contribution in [1.82, 2.24) is 5.32 Å². The van der Waals surface area contributed by atoms with Crippen LogP contribution in [0.15, 0.2) is 91.0 Å². The van der Waals surface area contributed by atoms with E-state index in [2.05, 4.69) is 10.6 Å². The number of anilines is 1. The molecule has 1 aliphatic heterocycles. The third-order valence-corrected chi connectivity index (χ3v) is 8.77. The van der Waals surface area contributed by atoms with Gasteiger partial charge in [-0.3, -0.25) is 4.79 Å². The number of nitrogens with one attached hydrogen (secondary N) is 2. The normalized spacial score (nSPS) is 16.6. The van der Waals surface area contributed by atoms with Crippen molar-refractivity contribution < 1.29 is 38.1 Å². The third kappa shape index (κ3) is 7.54. The highest BCUT2D eigenvalue weighted by Crippen LogP contribution is 2.44. The van der Waals surface area contributed by atoms with Crippen LogP contribution in [0, 0.1) is 0 Å². The summed E-state index contributed by atoms with van der Waals surface area (Å²) < 4.78 is 27.5. The van der Waals surface area contributed by atoms with Crippen molar-refractivity contribution >= 4 is 23.7 Å². The summed E-state index contributed by atoms with van der Waals surface area (Å²) in [6.45, 7) is 3.18. The molecule has 1 aliphatic carbocycles. The van der Waals surface area contributed by atoms with Gasteiger partial charge in [-0.05, 0) is 76.9 Å². The fraction of sp³-hybridized carbons (Fsp3) is 0.308. The minimum absolute atomic E-state index is 0.0427. The first-order valence-corrected chi connectivity index (χ1v) is 16.3. The molecule has 1 heterocycles. The van der Waals surface area contributed by atoms with Crippen LogP contribution in [-0.4, -0.2) is 56.7 Å². The zero-order chi connectivity index (χ0) is 34.5. The number of benzene rings is 4. The Morgan fingerprint density at radius 2 is 1.47 bits per heavy atom. The average Bonchev–Trinajstić information content (AvgIpc) is 3.57. The molecular weight excluding hydrogens is 624 g/mol. The molecule has 10 nitrogen and oxygen atoms in total. The fourth-order valence-corrected chi connectivity index (χ4v) is 6.49. The standard InChI is InChI=1S/C39H40N2O8/c1-39(2)48-35(37(43)49-39)34(41-38(44)47-23-31-29-17-7-5-15-27(29)28-16-6-8-18-30(28)31)36(42)40-26-14-10-13-24(21-26)11-9-12-25-19-20-32(45-3)33(22-25)46-4/h5-8,10,13-22,31,34-35H,9,11-12,23H2,1-4H3,(H,40,42)(H,41,44). The van der Waals surface area contributed by atoms with Gasteiger partial charge >= 0.3 is 12.1 Å². The van der Waals surface area contributed by atoms with E-state index in [1.807, 2.05) is 84.9 Å². The number of amides is 2. The third-order valence-electron chi connectivity index (χ3n) is 8.77. The van der Waals surface area contributed by atoms with Crippen LogP contribution >= 0.6 is 0 Å². The number of rotatable bonds is 12. The van der Waals surface area contributed by atoms with E-state index in [4.69, 9.17) is 23.7 Å². The molecule has 4 aromatic carbocycles. The number of ether oxygens (including phenoxy) is 5. The highest BCUT2D eigenvalue weighted by Gasteiger charge is 2.48. The molecule has 10 heteroatoms. The smallest absolute Gasteiger partial charge is 0.407 e. The van der Waals surface area contributed by atoms with E-state index in [0.29, 0.717) is 17.2 Å². The molecule has 2 unspecified atom stereocenters. The monoisotopic (exact) mass is 664 g/mol. The Bertz CT molecular complexity index is 1810. The van der Waals surface area contributed by atoms with Gasteiger partial charge in [-0.25, -0.2) is 9.59 Å². The van der Waals surface area contributed by atoms with Crippen LogP contribution in [0.5, 0.6) is 11.5 Å². The quantitative estimate of drug-likeness (QED) is 0.167. The molecule has 0 aromatic heterocycles. The molecule has 49 heavy (non-hydrogen) atoms. The molecule has 6 rings (SSSR count). The fourth-order valence-electron chi connectivity index (χ4n) is 6.49. The average molecular weight is 665 g/mol. The van der Waals surface area contributed by atoms with Crippen molar-refractivity contribution in [2.75, 3.05) is 26.1 Å². The van der Waals surface area contributed by atoms with Crippen LogP contribution in [0.4, 0.5) is 10.5 Å². The van der Waals surface area contributed by atoms with Crippen molar-refractivity contribution in [3.63, 3.8) is 0 Å². The molecule has 2 atom stereocenters. The number of carbonyl (C=O) groups excluding carboxylic acids is 3. The van der Waals surface area contributed by atoms with Crippen LogP contribution in [0.2, 0.25) is 0 Å². The van der Waals surface area contributed by atoms with Gasteiger partial charge in [-0.1, -0.05) is 66.7 Å². The number of alkyl carbamates (subject to hydrolysis) is 1. The summed E-state index contributed by atoms with van der Waals surface area (Å²) in [5.41, 5.74) is 6.94. The number of fused-ring (bicyclic) bond motifs is 3. The van der Waals surface area contributed by atoms with Gasteiger partial charge < -0.3 is 34.3 Å². The molecule has 0 spiro atoms. The first kappa shape index (κ1) is 33.5. The van der Waals surface area contributed by atoms with Crippen molar-refractivity contribution in [2.45, 2.75) is 57.0 Å². The van der Waals surface area contributed by atoms with Crippen LogP contribution in [-0.2, 0) is 36.6 Å². The Hall–Kier alpha value is -5.35. The lowest BCUT2D eigenvalue weighted by molar-refractivity contribution is -0.161. The van der Waals surface area contributed by atoms with Gasteiger partial charge in [0.2, 0.25) is 11.7 Å². The number of methoxy groups -OCH3 is 2. The number of carbonyl (C=O) groups is 3. The highest BCUT2D eigenvalue weighted by molar-refractivity contribution is 6.00. The maximum atomic E-state index is 13.7. The number of hydrogen-bond donors (Lipinski definition) is 2. The molecule has 2 aliphatic rings. The van der Waals surface area contributed by atoms with Crippen molar-refractivity contribution in [1.29, 1.82) is 0 Å². The van der Waals surface area contributed by atoms with Gasteiger partial charge in [0, 0.05) is 25.5 Å². The first-order chi connectivity index (χ1) is 23.7. The van der Waals surface area contributed by atoms with Gasteiger partial charge in [0.25, 0.3) is 0 Å².